The van der Waals surface area contributed by atoms with Gasteiger partial charge in [0, 0.05) is 30.3 Å². The van der Waals surface area contributed by atoms with E-state index < -0.39 is 4.92 Å². The molecule has 5 rings (SSSR count). The fraction of sp³-hybridized carbons (Fsp3) is 0.412. The fourth-order valence-electron chi connectivity index (χ4n) is 3.63. The minimum absolute atomic E-state index is 0.0194. The van der Waals surface area contributed by atoms with Crippen molar-refractivity contribution in [3.8, 4) is 10.6 Å². The van der Waals surface area contributed by atoms with Gasteiger partial charge in [-0.15, -0.1) is 11.3 Å². The Labute approximate surface area is 148 Å². The van der Waals surface area contributed by atoms with E-state index in [9.17, 15) is 14.9 Å². The number of nitrogens with one attached hydrogen (secondary N) is 1. The van der Waals surface area contributed by atoms with E-state index in [0.29, 0.717) is 21.4 Å². The van der Waals surface area contributed by atoms with Crippen molar-refractivity contribution in [1.29, 1.82) is 0 Å². The molecule has 3 aliphatic rings. The highest BCUT2D eigenvalue weighted by Gasteiger charge is 2.35. The Balaban J connectivity index is 1.48. The number of aromatic nitrogens is 1. The molecule has 8 heteroatoms. The summed E-state index contributed by atoms with van der Waals surface area (Å²) in [5, 5.41) is 14.7. The van der Waals surface area contributed by atoms with Gasteiger partial charge in [0.1, 0.15) is 9.88 Å². The molecule has 1 amide bonds. The highest BCUT2D eigenvalue weighted by atomic mass is 32.1. The van der Waals surface area contributed by atoms with Crippen LogP contribution in [0.25, 0.3) is 10.6 Å². The standard InChI is InChI=1S/C17H18N4O3S/c22-16(19-14-10-20-6-4-11(14)5-7-20)15-9-18-17(25-15)12-2-1-3-13(8-12)21(23)24/h1-3,8-9,11,14H,4-7,10H2,(H,19,22)/t14-/m0/s1. The van der Waals surface area contributed by atoms with Crippen molar-refractivity contribution in [1.82, 2.24) is 15.2 Å². The third kappa shape index (κ3) is 3.27. The van der Waals surface area contributed by atoms with Crippen molar-refractivity contribution in [2.75, 3.05) is 19.6 Å². The van der Waals surface area contributed by atoms with Gasteiger partial charge >= 0.3 is 0 Å². The number of thiazole rings is 1. The minimum Gasteiger partial charge on any atom is -0.347 e. The molecule has 0 spiro atoms. The molecule has 0 unspecified atom stereocenters. The maximum Gasteiger partial charge on any atom is 0.270 e. The topological polar surface area (TPSA) is 88.4 Å². The highest BCUT2D eigenvalue weighted by Crippen LogP contribution is 2.30. The number of rotatable bonds is 4. The molecule has 130 valence electrons. The van der Waals surface area contributed by atoms with E-state index in [1.54, 1.807) is 18.3 Å². The summed E-state index contributed by atoms with van der Waals surface area (Å²) < 4.78 is 0. The second-order valence-electron chi connectivity index (χ2n) is 6.56. The molecule has 1 N–H and O–H groups in total. The van der Waals surface area contributed by atoms with Crippen LogP contribution in [0.4, 0.5) is 5.69 Å². The predicted octanol–water partition coefficient (Wildman–Crippen LogP) is 2.54. The second kappa shape index (κ2) is 6.53. The van der Waals surface area contributed by atoms with Gasteiger partial charge in [0.2, 0.25) is 0 Å². The zero-order chi connectivity index (χ0) is 17.4. The summed E-state index contributed by atoms with van der Waals surface area (Å²) in [6, 6.07) is 6.52. The van der Waals surface area contributed by atoms with Gasteiger partial charge in [0.15, 0.2) is 0 Å². The number of nitrogens with zero attached hydrogens (tertiary/aromatic N) is 3. The molecule has 0 radical (unpaired) electrons. The lowest BCUT2D eigenvalue weighted by molar-refractivity contribution is -0.384. The Kier molecular flexibility index (Phi) is 4.22. The largest absolute Gasteiger partial charge is 0.347 e. The first-order valence-electron chi connectivity index (χ1n) is 8.34. The Hall–Kier alpha value is -2.32. The van der Waals surface area contributed by atoms with Crippen LogP contribution in [0.2, 0.25) is 0 Å². The quantitative estimate of drug-likeness (QED) is 0.670. The molecule has 2 bridgehead atoms. The Morgan fingerprint density at radius 2 is 2.16 bits per heavy atom. The van der Waals surface area contributed by atoms with Crippen LogP contribution in [-0.2, 0) is 0 Å². The third-order valence-corrected chi connectivity index (χ3v) is 6.05. The van der Waals surface area contributed by atoms with Crippen molar-refractivity contribution in [3.63, 3.8) is 0 Å². The van der Waals surface area contributed by atoms with Gasteiger partial charge < -0.3 is 10.2 Å². The molecule has 0 aliphatic carbocycles. The lowest BCUT2D eigenvalue weighted by Crippen LogP contribution is -2.57. The number of amides is 1. The van der Waals surface area contributed by atoms with E-state index in [4.69, 9.17) is 0 Å². The van der Waals surface area contributed by atoms with Crippen LogP contribution in [0.3, 0.4) is 0 Å². The van der Waals surface area contributed by atoms with Gasteiger partial charge in [-0.1, -0.05) is 12.1 Å². The number of hydrogen-bond acceptors (Lipinski definition) is 6. The number of non-ortho nitro benzene ring substituents is 1. The summed E-state index contributed by atoms with van der Waals surface area (Å²) in [4.78, 5) is 30.2. The van der Waals surface area contributed by atoms with Crippen LogP contribution in [0.15, 0.2) is 30.5 Å². The number of nitro benzene ring substituents is 1. The molecular formula is C17H18N4O3S. The lowest BCUT2D eigenvalue weighted by atomic mass is 9.84. The van der Waals surface area contributed by atoms with Crippen molar-refractivity contribution in [2.24, 2.45) is 5.92 Å². The van der Waals surface area contributed by atoms with Crippen molar-refractivity contribution in [2.45, 2.75) is 18.9 Å². The number of fused-ring (bicyclic) bond motifs is 3. The van der Waals surface area contributed by atoms with Crippen LogP contribution in [0, 0.1) is 16.0 Å². The Bertz CT molecular complexity index is 814. The number of hydrogen-bond donors (Lipinski definition) is 1. The van der Waals surface area contributed by atoms with Gasteiger partial charge in [-0.3, -0.25) is 14.9 Å². The fourth-order valence-corrected chi connectivity index (χ4v) is 4.45. The minimum atomic E-state index is -0.432. The van der Waals surface area contributed by atoms with Crippen molar-refractivity contribution >= 4 is 22.9 Å². The summed E-state index contributed by atoms with van der Waals surface area (Å²) >= 11 is 1.26. The van der Waals surface area contributed by atoms with E-state index >= 15 is 0 Å². The first-order valence-corrected chi connectivity index (χ1v) is 9.15. The second-order valence-corrected chi connectivity index (χ2v) is 7.59. The average Bonchev–Trinajstić information content (AvgIpc) is 3.13. The number of carbonyl (C=O) groups is 1. The van der Waals surface area contributed by atoms with Crippen LogP contribution >= 0.6 is 11.3 Å². The van der Waals surface area contributed by atoms with Crippen LogP contribution < -0.4 is 5.32 Å². The summed E-state index contributed by atoms with van der Waals surface area (Å²) in [6.45, 7) is 3.19. The van der Waals surface area contributed by atoms with Crippen LogP contribution in [0.1, 0.15) is 22.5 Å². The summed E-state index contributed by atoms with van der Waals surface area (Å²) in [5.41, 5.74) is 0.673. The van der Waals surface area contributed by atoms with Crippen molar-refractivity contribution < 1.29 is 9.72 Å². The van der Waals surface area contributed by atoms with Crippen molar-refractivity contribution in [3.05, 3.63) is 45.5 Å². The van der Waals surface area contributed by atoms with E-state index in [2.05, 4.69) is 15.2 Å². The third-order valence-electron chi connectivity index (χ3n) is 5.01. The average molecular weight is 358 g/mol. The maximum absolute atomic E-state index is 12.5. The summed E-state index contributed by atoms with van der Waals surface area (Å²) in [6.07, 6.45) is 3.84. The Morgan fingerprint density at radius 3 is 2.84 bits per heavy atom. The SMILES string of the molecule is O=C(N[C@H]1CN2CCC1CC2)c1cnc(-c2cccc([N+](=O)[O-])c2)s1. The molecule has 1 atom stereocenters. The number of nitro groups is 1. The van der Waals surface area contributed by atoms with E-state index in [1.165, 1.54) is 23.5 Å². The van der Waals surface area contributed by atoms with E-state index in [1.807, 2.05) is 0 Å². The predicted molar refractivity (Wildman–Crippen MR) is 94.6 cm³/mol. The van der Waals surface area contributed by atoms with Gasteiger partial charge in [-0.25, -0.2) is 4.98 Å². The smallest absolute Gasteiger partial charge is 0.270 e. The van der Waals surface area contributed by atoms with Crippen LogP contribution in [0.5, 0.6) is 0 Å². The molecule has 2 aromatic rings. The molecule has 0 saturated carbocycles. The molecule has 3 aliphatic heterocycles. The normalized spacial score (nSPS) is 24.9. The molecule has 3 saturated heterocycles. The van der Waals surface area contributed by atoms with Gasteiger partial charge in [-0.05, 0) is 31.8 Å². The number of piperidine rings is 3. The van der Waals surface area contributed by atoms with Gasteiger partial charge in [-0.2, -0.15) is 0 Å². The van der Waals surface area contributed by atoms with Crippen LogP contribution in [-0.4, -0.2) is 46.4 Å². The van der Waals surface area contributed by atoms with Gasteiger partial charge in [0.25, 0.3) is 11.6 Å². The highest BCUT2D eigenvalue weighted by molar-refractivity contribution is 7.16. The molecule has 1 aromatic heterocycles. The molecule has 7 nitrogen and oxygen atoms in total. The first kappa shape index (κ1) is 16.2. The zero-order valence-corrected chi connectivity index (χ0v) is 14.4. The summed E-state index contributed by atoms with van der Waals surface area (Å²) in [7, 11) is 0. The van der Waals surface area contributed by atoms with Gasteiger partial charge in [0.05, 0.1) is 11.1 Å². The molecule has 3 fully saturated rings. The molecular weight excluding hydrogens is 340 g/mol. The number of benzene rings is 1. The molecule has 25 heavy (non-hydrogen) atoms. The molecule has 1 aromatic carbocycles. The maximum atomic E-state index is 12.5. The molecule has 4 heterocycles. The number of carbonyl (C=O) groups excluding carboxylic acids is 1. The lowest BCUT2D eigenvalue weighted by Gasteiger charge is -2.44. The Morgan fingerprint density at radius 1 is 1.36 bits per heavy atom. The summed E-state index contributed by atoms with van der Waals surface area (Å²) in [5.74, 6) is 0.464. The van der Waals surface area contributed by atoms with E-state index in [0.717, 1.165) is 32.5 Å². The zero-order valence-electron chi connectivity index (χ0n) is 13.6. The monoisotopic (exact) mass is 358 g/mol. The van der Waals surface area contributed by atoms with E-state index in [-0.39, 0.29) is 17.6 Å². The first-order chi connectivity index (χ1) is 12.1.